The van der Waals surface area contributed by atoms with Gasteiger partial charge < -0.3 is 10.6 Å². The summed E-state index contributed by atoms with van der Waals surface area (Å²) in [5, 5.41) is 4.39. The van der Waals surface area contributed by atoms with Crippen LogP contribution in [-0.2, 0) is 16.1 Å². The van der Waals surface area contributed by atoms with E-state index in [1.807, 2.05) is 0 Å². The van der Waals surface area contributed by atoms with Crippen molar-refractivity contribution in [3.8, 4) is 0 Å². The zero-order valence-corrected chi connectivity index (χ0v) is 16.2. The van der Waals surface area contributed by atoms with Gasteiger partial charge in [0.2, 0.25) is 5.91 Å². The van der Waals surface area contributed by atoms with Gasteiger partial charge in [0, 0.05) is 25.2 Å². The maximum absolute atomic E-state index is 12.3. The Kier molecular flexibility index (Phi) is 6.38. The number of fused-ring (bicyclic) bond motifs is 1. The van der Waals surface area contributed by atoms with Crippen LogP contribution < -0.4 is 10.6 Å². The molecule has 0 unspecified atom stereocenters. The van der Waals surface area contributed by atoms with E-state index in [1.54, 1.807) is 29.6 Å². The lowest BCUT2D eigenvalue weighted by atomic mass is 10.1. The SMILES string of the molecule is O=C(CCCN1C(=O)c2ccccc2C1=O)Nc1ccc(CNC(=O)C(F)(F)F)cc1. The molecule has 31 heavy (non-hydrogen) atoms. The highest BCUT2D eigenvalue weighted by Gasteiger charge is 2.38. The van der Waals surface area contributed by atoms with Gasteiger partial charge >= 0.3 is 12.1 Å². The molecule has 4 amide bonds. The van der Waals surface area contributed by atoms with Crippen molar-refractivity contribution in [2.24, 2.45) is 0 Å². The van der Waals surface area contributed by atoms with E-state index < -0.39 is 12.1 Å². The standard InChI is InChI=1S/C21H18F3N3O4/c22-21(23,24)20(31)25-12-13-7-9-14(10-8-13)26-17(28)6-3-11-27-18(29)15-4-1-2-5-16(15)19(27)30/h1-2,4-5,7-10H,3,6,11-12H2,(H,25,31)(H,26,28). The Labute approximate surface area is 175 Å². The van der Waals surface area contributed by atoms with Crippen molar-refractivity contribution in [3.05, 3.63) is 65.2 Å². The summed E-state index contributed by atoms with van der Waals surface area (Å²) in [6, 6.07) is 12.5. The first-order chi connectivity index (χ1) is 14.7. The predicted molar refractivity (Wildman–Crippen MR) is 104 cm³/mol. The van der Waals surface area contributed by atoms with Gasteiger partial charge in [0.15, 0.2) is 0 Å². The third-order valence-electron chi connectivity index (χ3n) is 4.61. The van der Waals surface area contributed by atoms with Crippen LogP contribution in [0.5, 0.6) is 0 Å². The van der Waals surface area contributed by atoms with E-state index in [2.05, 4.69) is 5.32 Å². The van der Waals surface area contributed by atoms with Gasteiger partial charge in [-0.2, -0.15) is 13.2 Å². The number of nitrogens with one attached hydrogen (secondary N) is 2. The van der Waals surface area contributed by atoms with Crippen LogP contribution >= 0.6 is 0 Å². The van der Waals surface area contributed by atoms with Crippen LogP contribution in [-0.4, -0.2) is 41.2 Å². The van der Waals surface area contributed by atoms with Crippen LogP contribution in [0.25, 0.3) is 0 Å². The minimum atomic E-state index is -4.94. The fourth-order valence-electron chi connectivity index (χ4n) is 3.05. The third kappa shape index (κ3) is 5.27. The monoisotopic (exact) mass is 433 g/mol. The smallest absolute Gasteiger partial charge is 0.344 e. The van der Waals surface area contributed by atoms with Crippen molar-refractivity contribution >= 4 is 29.3 Å². The van der Waals surface area contributed by atoms with Crippen molar-refractivity contribution < 1.29 is 32.3 Å². The van der Waals surface area contributed by atoms with Crippen molar-refractivity contribution in [3.63, 3.8) is 0 Å². The summed E-state index contributed by atoms with van der Waals surface area (Å²) in [4.78, 5) is 48.6. The lowest BCUT2D eigenvalue weighted by Gasteiger charge is -2.13. The summed E-state index contributed by atoms with van der Waals surface area (Å²) < 4.78 is 36.5. The molecule has 2 aromatic carbocycles. The molecule has 0 radical (unpaired) electrons. The van der Waals surface area contributed by atoms with E-state index in [4.69, 9.17) is 0 Å². The minimum Gasteiger partial charge on any atom is -0.344 e. The normalized spacial score (nSPS) is 13.2. The number of hydrogen-bond acceptors (Lipinski definition) is 4. The van der Waals surface area contributed by atoms with Crippen LogP contribution in [0, 0.1) is 0 Å². The van der Waals surface area contributed by atoms with Crippen LogP contribution in [0.4, 0.5) is 18.9 Å². The first-order valence-electron chi connectivity index (χ1n) is 9.36. The second-order valence-corrected chi connectivity index (χ2v) is 6.84. The van der Waals surface area contributed by atoms with Gasteiger partial charge in [0.1, 0.15) is 0 Å². The topological polar surface area (TPSA) is 95.6 Å². The summed E-state index contributed by atoms with van der Waals surface area (Å²) in [5.74, 6) is -3.12. The summed E-state index contributed by atoms with van der Waals surface area (Å²) in [7, 11) is 0. The van der Waals surface area contributed by atoms with Crippen molar-refractivity contribution in [2.75, 3.05) is 11.9 Å². The van der Waals surface area contributed by atoms with Gasteiger partial charge in [-0.1, -0.05) is 24.3 Å². The molecule has 0 saturated carbocycles. The molecule has 0 aliphatic carbocycles. The molecular formula is C21H18F3N3O4. The number of imide groups is 1. The molecule has 7 nitrogen and oxygen atoms in total. The van der Waals surface area contributed by atoms with E-state index in [0.717, 1.165) is 4.90 Å². The molecule has 2 aromatic rings. The van der Waals surface area contributed by atoms with Gasteiger partial charge in [-0.25, -0.2) is 0 Å². The second kappa shape index (κ2) is 8.99. The van der Waals surface area contributed by atoms with Gasteiger partial charge in [-0.3, -0.25) is 24.1 Å². The average molecular weight is 433 g/mol. The number of benzene rings is 2. The Bertz CT molecular complexity index is 984. The van der Waals surface area contributed by atoms with Crippen LogP contribution in [0.1, 0.15) is 39.1 Å². The number of alkyl halides is 3. The van der Waals surface area contributed by atoms with E-state index >= 15 is 0 Å². The van der Waals surface area contributed by atoms with E-state index in [1.165, 1.54) is 24.3 Å². The summed E-state index contributed by atoms with van der Waals surface area (Å²) in [5.41, 5.74) is 1.56. The minimum absolute atomic E-state index is 0.0663. The molecule has 1 heterocycles. The van der Waals surface area contributed by atoms with Crippen molar-refractivity contribution in [1.82, 2.24) is 10.2 Å². The van der Waals surface area contributed by atoms with E-state index in [9.17, 15) is 32.3 Å². The van der Waals surface area contributed by atoms with Crippen LogP contribution in [0.3, 0.4) is 0 Å². The predicted octanol–water partition coefficient (Wildman–Crippen LogP) is 2.88. The highest BCUT2D eigenvalue weighted by atomic mass is 19.4. The fourth-order valence-corrected chi connectivity index (χ4v) is 3.05. The quantitative estimate of drug-likeness (QED) is 0.657. The zero-order valence-electron chi connectivity index (χ0n) is 16.2. The lowest BCUT2D eigenvalue weighted by Crippen LogP contribution is -2.36. The first kappa shape index (κ1) is 22.0. The van der Waals surface area contributed by atoms with E-state index in [-0.39, 0.29) is 43.7 Å². The molecule has 1 aliphatic rings. The molecule has 1 aliphatic heterocycles. The highest BCUT2D eigenvalue weighted by molar-refractivity contribution is 6.21. The van der Waals surface area contributed by atoms with Crippen molar-refractivity contribution in [2.45, 2.75) is 25.6 Å². The second-order valence-electron chi connectivity index (χ2n) is 6.84. The first-order valence-corrected chi connectivity index (χ1v) is 9.36. The molecule has 2 N–H and O–H groups in total. The van der Waals surface area contributed by atoms with Gasteiger partial charge in [-0.15, -0.1) is 0 Å². The Hall–Kier alpha value is -3.69. The number of amides is 4. The number of anilines is 1. The van der Waals surface area contributed by atoms with Gasteiger partial charge in [0.25, 0.3) is 11.8 Å². The third-order valence-corrected chi connectivity index (χ3v) is 4.61. The number of halogens is 3. The molecule has 0 spiro atoms. The molecule has 0 fully saturated rings. The largest absolute Gasteiger partial charge is 0.471 e. The number of carbonyl (C=O) groups is 4. The van der Waals surface area contributed by atoms with E-state index in [0.29, 0.717) is 22.4 Å². The molecule has 0 atom stereocenters. The number of nitrogens with zero attached hydrogens (tertiary/aromatic N) is 1. The molecule has 0 bridgehead atoms. The fraction of sp³-hybridized carbons (Fsp3) is 0.238. The summed E-state index contributed by atoms with van der Waals surface area (Å²) in [6.07, 6.45) is -4.60. The molecule has 10 heteroatoms. The molecule has 162 valence electrons. The molecule has 0 aromatic heterocycles. The summed E-state index contributed by atoms with van der Waals surface area (Å²) in [6.45, 7) is -0.190. The van der Waals surface area contributed by atoms with Crippen LogP contribution in [0.15, 0.2) is 48.5 Å². The Morgan fingerprint density at radius 3 is 2.03 bits per heavy atom. The maximum atomic E-state index is 12.3. The lowest BCUT2D eigenvalue weighted by molar-refractivity contribution is -0.173. The van der Waals surface area contributed by atoms with Crippen molar-refractivity contribution in [1.29, 1.82) is 0 Å². The molecular weight excluding hydrogens is 415 g/mol. The maximum Gasteiger partial charge on any atom is 0.471 e. The summed E-state index contributed by atoms with van der Waals surface area (Å²) >= 11 is 0. The Morgan fingerprint density at radius 1 is 0.903 bits per heavy atom. The van der Waals surface area contributed by atoms with Gasteiger partial charge in [0.05, 0.1) is 11.1 Å². The highest BCUT2D eigenvalue weighted by Crippen LogP contribution is 2.22. The number of rotatable bonds is 7. The zero-order chi connectivity index (χ0) is 22.6. The Morgan fingerprint density at radius 2 is 1.48 bits per heavy atom. The Balaban J connectivity index is 1.44. The number of hydrogen-bond donors (Lipinski definition) is 2. The van der Waals surface area contributed by atoms with Crippen LogP contribution in [0.2, 0.25) is 0 Å². The average Bonchev–Trinajstić information content (AvgIpc) is 2.97. The molecule has 0 saturated heterocycles. The number of carbonyl (C=O) groups excluding carboxylic acids is 4. The molecule has 3 rings (SSSR count). The van der Waals surface area contributed by atoms with Gasteiger partial charge in [-0.05, 0) is 36.2 Å².